The number of nitrogens with zero attached hydrogens (tertiary/aromatic N) is 2. The lowest BCUT2D eigenvalue weighted by Gasteiger charge is -2.08. The third-order valence-electron chi connectivity index (χ3n) is 2.62. The molecule has 1 N–H and O–H groups in total. The summed E-state index contributed by atoms with van der Waals surface area (Å²) in [5, 5.41) is 6.29. The summed E-state index contributed by atoms with van der Waals surface area (Å²) in [6.07, 6.45) is 1.48. The molecule has 6 nitrogen and oxygen atoms in total. The first-order valence-electron chi connectivity index (χ1n) is 6.79. The molecule has 2 heterocycles. The van der Waals surface area contributed by atoms with Crippen molar-refractivity contribution in [2.24, 2.45) is 5.92 Å². The van der Waals surface area contributed by atoms with Gasteiger partial charge in [0.25, 0.3) is 5.91 Å². The number of ether oxygens (including phenoxy) is 1. The lowest BCUT2D eigenvalue weighted by molar-refractivity contribution is -0.145. The third-order valence-corrected chi connectivity index (χ3v) is 4.42. The van der Waals surface area contributed by atoms with Crippen LogP contribution < -0.4 is 5.32 Å². The van der Waals surface area contributed by atoms with Crippen LogP contribution >= 0.6 is 23.1 Å². The molecule has 0 radical (unpaired) electrons. The van der Waals surface area contributed by atoms with E-state index in [0.717, 1.165) is 15.2 Å². The van der Waals surface area contributed by atoms with Crippen molar-refractivity contribution < 1.29 is 14.3 Å². The van der Waals surface area contributed by atoms with Gasteiger partial charge < -0.3 is 10.1 Å². The van der Waals surface area contributed by atoms with Crippen molar-refractivity contribution in [1.82, 2.24) is 15.3 Å². The van der Waals surface area contributed by atoms with Crippen molar-refractivity contribution in [1.29, 1.82) is 0 Å². The Morgan fingerprint density at radius 2 is 2.23 bits per heavy atom. The predicted molar refractivity (Wildman–Crippen MR) is 86.9 cm³/mol. The monoisotopic (exact) mass is 339 g/mol. The molecule has 8 heteroatoms. The molecule has 118 valence electrons. The number of esters is 1. The van der Waals surface area contributed by atoms with Gasteiger partial charge in [-0.25, -0.2) is 9.97 Å². The molecule has 2 aromatic heterocycles. The molecular weight excluding hydrogens is 322 g/mol. The first-order valence-corrected chi connectivity index (χ1v) is 8.66. The van der Waals surface area contributed by atoms with Gasteiger partial charge in [0.15, 0.2) is 6.61 Å². The Bertz CT molecular complexity index is 658. The van der Waals surface area contributed by atoms with Crippen molar-refractivity contribution in [2.45, 2.75) is 18.9 Å². The number of rotatable bonds is 7. The Balaban J connectivity index is 1.76. The molecule has 0 aliphatic rings. The molecule has 0 spiro atoms. The first-order chi connectivity index (χ1) is 10.6. The van der Waals surface area contributed by atoms with Crippen molar-refractivity contribution in [3.63, 3.8) is 0 Å². The Labute approximate surface area is 136 Å². The lowest BCUT2D eigenvalue weighted by Crippen LogP contribution is -2.31. The molecule has 0 aliphatic heterocycles. The van der Waals surface area contributed by atoms with E-state index in [1.165, 1.54) is 29.4 Å². The fourth-order valence-corrected chi connectivity index (χ4v) is 3.14. The maximum Gasteiger partial charge on any atom is 0.316 e. The number of fused-ring (bicyclic) bond motifs is 1. The van der Waals surface area contributed by atoms with Crippen molar-refractivity contribution in [2.75, 3.05) is 18.9 Å². The van der Waals surface area contributed by atoms with E-state index >= 15 is 0 Å². The summed E-state index contributed by atoms with van der Waals surface area (Å²) in [7, 11) is 0. The minimum Gasteiger partial charge on any atom is -0.455 e. The summed E-state index contributed by atoms with van der Waals surface area (Å²) in [6.45, 7) is 4.32. The van der Waals surface area contributed by atoms with E-state index in [4.69, 9.17) is 4.74 Å². The van der Waals surface area contributed by atoms with Crippen LogP contribution in [0.25, 0.3) is 10.2 Å². The van der Waals surface area contributed by atoms with Crippen LogP contribution in [0.4, 0.5) is 0 Å². The van der Waals surface area contributed by atoms with Gasteiger partial charge in [-0.15, -0.1) is 11.3 Å². The molecule has 2 rings (SSSR count). The van der Waals surface area contributed by atoms with Crippen molar-refractivity contribution in [3.8, 4) is 0 Å². The molecule has 22 heavy (non-hydrogen) atoms. The van der Waals surface area contributed by atoms with Crippen LogP contribution in [0.5, 0.6) is 0 Å². The summed E-state index contributed by atoms with van der Waals surface area (Å²) >= 11 is 2.81. The topological polar surface area (TPSA) is 81.2 Å². The Morgan fingerprint density at radius 3 is 3.00 bits per heavy atom. The van der Waals surface area contributed by atoms with Crippen molar-refractivity contribution in [3.05, 3.63) is 17.8 Å². The average molecular weight is 339 g/mol. The summed E-state index contributed by atoms with van der Waals surface area (Å²) in [4.78, 5) is 32.3. The Morgan fingerprint density at radius 1 is 1.41 bits per heavy atom. The highest BCUT2D eigenvalue weighted by atomic mass is 32.2. The SMILES string of the molecule is CC(C)CNC(=O)COC(=O)CSc1ncnc2sccc12. The molecule has 0 aliphatic carbocycles. The van der Waals surface area contributed by atoms with Crippen molar-refractivity contribution >= 4 is 45.2 Å². The van der Waals surface area contributed by atoms with Gasteiger partial charge in [0.2, 0.25) is 0 Å². The number of hydrogen-bond acceptors (Lipinski definition) is 7. The molecular formula is C14H17N3O3S2. The van der Waals surface area contributed by atoms with E-state index in [-0.39, 0.29) is 18.3 Å². The third kappa shape index (κ3) is 4.96. The van der Waals surface area contributed by atoms with E-state index in [0.29, 0.717) is 12.5 Å². The van der Waals surface area contributed by atoms with Crippen LogP contribution in [0.15, 0.2) is 22.8 Å². The summed E-state index contributed by atoms with van der Waals surface area (Å²) in [5.74, 6) is -0.249. The molecule has 1 amide bonds. The van der Waals surface area contributed by atoms with Crippen LogP contribution in [0.1, 0.15) is 13.8 Å². The highest BCUT2D eigenvalue weighted by Gasteiger charge is 2.11. The molecule has 0 saturated carbocycles. The Kier molecular flexibility index (Phi) is 6.14. The van der Waals surface area contributed by atoms with E-state index in [2.05, 4.69) is 15.3 Å². The number of aromatic nitrogens is 2. The average Bonchev–Trinajstić information content (AvgIpc) is 2.97. The second-order valence-corrected chi connectivity index (χ2v) is 6.82. The van der Waals surface area contributed by atoms with E-state index in [9.17, 15) is 9.59 Å². The maximum atomic E-state index is 11.7. The quantitative estimate of drug-likeness (QED) is 0.473. The number of hydrogen-bond donors (Lipinski definition) is 1. The minimum absolute atomic E-state index is 0.111. The number of amides is 1. The highest BCUT2D eigenvalue weighted by molar-refractivity contribution is 8.00. The predicted octanol–water partition coefficient (Wildman–Crippen LogP) is 2.10. The van der Waals surface area contributed by atoms with E-state index in [1.807, 2.05) is 25.3 Å². The second kappa shape index (κ2) is 8.09. The molecule has 0 aromatic carbocycles. The van der Waals surface area contributed by atoms with Gasteiger partial charge in [-0.1, -0.05) is 25.6 Å². The fraction of sp³-hybridized carbons (Fsp3) is 0.429. The van der Waals surface area contributed by atoms with Gasteiger partial charge in [0.05, 0.1) is 5.75 Å². The van der Waals surface area contributed by atoms with Gasteiger partial charge >= 0.3 is 5.97 Å². The number of carbonyl (C=O) groups is 2. The van der Waals surface area contributed by atoms with Gasteiger partial charge in [0.1, 0.15) is 16.2 Å². The summed E-state index contributed by atoms with van der Waals surface area (Å²) in [5.41, 5.74) is 0. The summed E-state index contributed by atoms with van der Waals surface area (Å²) < 4.78 is 4.94. The number of nitrogens with one attached hydrogen (secondary N) is 1. The molecule has 0 atom stereocenters. The van der Waals surface area contributed by atoms with Crippen LogP contribution in [0, 0.1) is 5.92 Å². The zero-order valence-corrected chi connectivity index (χ0v) is 14.0. The second-order valence-electron chi connectivity index (χ2n) is 4.97. The number of thioether (sulfide) groups is 1. The van der Waals surface area contributed by atoms with Crippen LogP contribution in [-0.4, -0.2) is 40.7 Å². The molecule has 0 fully saturated rings. The largest absolute Gasteiger partial charge is 0.455 e. The van der Waals surface area contributed by atoms with Crippen LogP contribution in [0.3, 0.4) is 0 Å². The Hall–Kier alpha value is -1.67. The molecule has 0 bridgehead atoms. The van der Waals surface area contributed by atoms with Gasteiger partial charge in [-0.2, -0.15) is 0 Å². The number of thiophene rings is 1. The minimum atomic E-state index is -0.438. The zero-order valence-electron chi connectivity index (χ0n) is 12.4. The standard InChI is InChI=1S/C14H17N3O3S2/c1-9(2)5-15-11(18)6-20-12(19)7-22-14-10-3-4-21-13(10)16-8-17-14/h3-4,8-9H,5-7H2,1-2H3,(H,15,18). The molecule has 0 saturated heterocycles. The normalized spacial score (nSPS) is 10.9. The zero-order chi connectivity index (χ0) is 15.9. The number of carbonyl (C=O) groups excluding carboxylic acids is 2. The van der Waals surface area contributed by atoms with Crippen LogP contribution in [0.2, 0.25) is 0 Å². The lowest BCUT2D eigenvalue weighted by atomic mass is 10.2. The summed E-state index contributed by atoms with van der Waals surface area (Å²) in [6, 6.07) is 1.92. The van der Waals surface area contributed by atoms with Gasteiger partial charge in [-0.3, -0.25) is 9.59 Å². The first kappa shape index (κ1) is 16.7. The fourth-order valence-electron chi connectivity index (χ4n) is 1.57. The molecule has 0 unspecified atom stereocenters. The van der Waals surface area contributed by atoms with E-state index in [1.54, 1.807) is 0 Å². The molecule has 2 aromatic rings. The van der Waals surface area contributed by atoms with Gasteiger partial charge in [0, 0.05) is 11.9 Å². The highest BCUT2D eigenvalue weighted by Crippen LogP contribution is 2.27. The van der Waals surface area contributed by atoms with Gasteiger partial charge in [-0.05, 0) is 17.4 Å². The smallest absolute Gasteiger partial charge is 0.316 e. The maximum absolute atomic E-state index is 11.7. The van der Waals surface area contributed by atoms with Crippen LogP contribution in [-0.2, 0) is 14.3 Å². The van der Waals surface area contributed by atoms with E-state index < -0.39 is 5.97 Å².